The molecular weight excluding hydrogens is 220 g/mol. The van der Waals surface area contributed by atoms with Gasteiger partial charge in [-0.3, -0.25) is 4.79 Å². The standard InChI is InChI=1S/C17H34O/c1-11(2)9-15(13(5)6)17(14(7)8)16(18)10-12(3)4/h11-15,17H,9-10H2,1-8H3. The zero-order valence-corrected chi connectivity index (χ0v) is 13.8. The van der Waals surface area contributed by atoms with Gasteiger partial charge in [0, 0.05) is 12.3 Å². The lowest BCUT2D eigenvalue weighted by molar-refractivity contribution is -0.127. The summed E-state index contributed by atoms with van der Waals surface area (Å²) in [5, 5.41) is 0. The summed E-state index contributed by atoms with van der Waals surface area (Å²) in [6.45, 7) is 17.8. The van der Waals surface area contributed by atoms with Gasteiger partial charge in [0.15, 0.2) is 0 Å². The average molecular weight is 254 g/mol. The minimum absolute atomic E-state index is 0.245. The monoisotopic (exact) mass is 254 g/mol. The van der Waals surface area contributed by atoms with E-state index in [4.69, 9.17) is 0 Å². The van der Waals surface area contributed by atoms with Crippen molar-refractivity contribution in [3.8, 4) is 0 Å². The minimum Gasteiger partial charge on any atom is -0.299 e. The van der Waals surface area contributed by atoms with E-state index in [0.717, 1.165) is 6.42 Å². The third kappa shape index (κ3) is 6.02. The zero-order valence-electron chi connectivity index (χ0n) is 13.8. The van der Waals surface area contributed by atoms with E-state index in [1.54, 1.807) is 0 Å². The molecule has 2 atom stereocenters. The number of rotatable bonds is 8. The van der Waals surface area contributed by atoms with Gasteiger partial charge >= 0.3 is 0 Å². The molecular formula is C17H34O. The maximum atomic E-state index is 12.5. The summed E-state index contributed by atoms with van der Waals surface area (Å²) in [7, 11) is 0. The van der Waals surface area contributed by atoms with Crippen LogP contribution in [0.15, 0.2) is 0 Å². The van der Waals surface area contributed by atoms with Crippen LogP contribution in [-0.4, -0.2) is 5.78 Å². The fraction of sp³-hybridized carbons (Fsp3) is 0.941. The van der Waals surface area contributed by atoms with E-state index in [2.05, 4.69) is 55.4 Å². The molecule has 0 saturated heterocycles. The second-order valence-corrected chi connectivity index (χ2v) is 7.37. The van der Waals surface area contributed by atoms with Crippen LogP contribution in [0.2, 0.25) is 0 Å². The molecule has 0 rings (SSSR count). The van der Waals surface area contributed by atoms with Gasteiger partial charge in [-0.2, -0.15) is 0 Å². The van der Waals surface area contributed by atoms with E-state index in [9.17, 15) is 4.79 Å². The van der Waals surface area contributed by atoms with Crippen molar-refractivity contribution in [3.05, 3.63) is 0 Å². The molecule has 18 heavy (non-hydrogen) atoms. The highest BCUT2D eigenvalue weighted by atomic mass is 16.1. The summed E-state index contributed by atoms with van der Waals surface area (Å²) in [5.41, 5.74) is 0. The van der Waals surface area contributed by atoms with Crippen molar-refractivity contribution in [2.75, 3.05) is 0 Å². The topological polar surface area (TPSA) is 17.1 Å². The van der Waals surface area contributed by atoms with Crippen LogP contribution in [0.5, 0.6) is 0 Å². The molecule has 0 aromatic rings. The summed E-state index contributed by atoms with van der Waals surface area (Å²) in [6.07, 6.45) is 1.91. The second kappa shape index (κ2) is 7.96. The van der Waals surface area contributed by atoms with Gasteiger partial charge in [-0.15, -0.1) is 0 Å². The van der Waals surface area contributed by atoms with Crippen LogP contribution < -0.4 is 0 Å². The van der Waals surface area contributed by atoms with Crippen LogP contribution in [-0.2, 0) is 4.79 Å². The van der Waals surface area contributed by atoms with Crippen LogP contribution in [0, 0.1) is 35.5 Å². The fourth-order valence-electron chi connectivity index (χ4n) is 3.02. The molecule has 2 unspecified atom stereocenters. The highest BCUT2D eigenvalue weighted by Gasteiger charge is 2.33. The normalized spacial score (nSPS) is 15.8. The lowest BCUT2D eigenvalue weighted by atomic mass is 9.70. The molecule has 1 heteroatoms. The van der Waals surface area contributed by atoms with Gasteiger partial charge in [0.1, 0.15) is 5.78 Å². The molecule has 0 radical (unpaired) electrons. The number of hydrogen-bond donors (Lipinski definition) is 0. The van der Waals surface area contributed by atoms with Crippen molar-refractivity contribution in [1.82, 2.24) is 0 Å². The Morgan fingerprint density at radius 3 is 1.56 bits per heavy atom. The van der Waals surface area contributed by atoms with E-state index in [1.807, 2.05) is 0 Å². The molecule has 0 aliphatic carbocycles. The summed E-state index contributed by atoms with van der Waals surface area (Å²) in [4.78, 5) is 12.5. The van der Waals surface area contributed by atoms with Crippen molar-refractivity contribution in [2.24, 2.45) is 35.5 Å². The van der Waals surface area contributed by atoms with Crippen LogP contribution in [0.25, 0.3) is 0 Å². The summed E-state index contributed by atoms with van der Waals surface area (Å²) in [5.74, 6) is 3.47. The van der Waals surface area contributed by atoms with Gasteiger partial charge in [-0.05, 0) is 36.0 Å². The van der Waals surface area contributed by atoms with Crippen LogP contribution in [0.4, 0.5) is 0 Å². The number of hydrogen-bond acceptors (Lipinski definition) is 1. The van der Waals surface area contributed by atoms with Crippen molar-refractivity contribution in [1.29, 1.82) is 0 Å². The fourth-order valence-corrected chi connectivity index (χ4v) is 3.02. The minimum atomic E-state index is 0.245. The van der Waals surface area contributed by atoms with Gasteiger partial charge < -0.3 is 0 Å². The van der Waals surface area contributed by atoms with E-state index >= 15 is 0 Å². The first kappa shape index (κ1) is 17.7. The first-order valence-electron chi connectivity index (χ1n) is 7.69. The third-order valence-electron chi connectivity index (χ3n) is 3.76. The van der Waals surface area contributed by atoms with Crippen LogP contribution >= 0.6 is 0 Å². The Morgan fingerprint density at radius 2 is 1.28 bits per heavy atom. The Hall–Kier alpha value is -0.330. The van der Waals surface area contributed by atoms with Crippen molar-refractivity contribution in [3.63, 3.8) is 0 Å². The van der Waals surface area contributed by atoms with Crippen molar-refractivity contribution in [2.45, 2.75) is 68.2 Å². The molecule has 0 fully saturated rings. The Balaban J connectivity index is 4.97. The zero-order chi connectivity index (χ0) is 14.5. The molecule has 0 aromatic carbocycles. The predicted molar refractivity (Wildman–Crippen MR) is 80.6 cm³/mol. The van der Waals surface area contributed by atoms with Gasteiger partial charge in [0.25, 0.3) is 0 Å². The smallest absolute Gasteiger partial charge is 0.136 e. The average Bonchev–Trinajstić information content (AvgIpc) is 2.13. The second-order valence-electron chi connectivity index (χ2n) is 7.37. The molecule has 0 aromatic heterocycles. The van der Waals surface area contributed by atoms with Gasteiger partial charge in [-0.1, -0.05) is 55.4 Å². The van der Waals surface area contributed by atoms with Gasteiger partial charge in [0.2, 0.25) is 0 Å². The summed E-state index contributed by atoms with van der Waals surface area (Å²) >= 11 is 0. The molecule has 0 saturated carbocycles. The molecule has 0 spiro atoms. The van der Waals surface area contributed by atoms with E-state index in [1.165, 1.54) is 6.42 Å². The Labute approximate surface area is 115 Å². The predicted octanol–water partition coefficient (Wildman–Crippen LogP) is 5.19. The molecule has 0 N–H and O–H groups in total. The molecule has 0 bridgehead atoms. The van der Waals surface area contributed by atoms with E-state index in [0.29, 0.717) is 35.4 Å². The number of Topliss-reactive ketones (excluding diaryl/α,β-unsaturated/α-hetero) is 1. The number of carbonyl (C=O) groups excluding carboxylic acids is 1. The molecule has 0 amide bonds. The van der Waals surface area contributed by atoms with Gasteiger partial charge in [-0.25, -0.2) is 0 Å². The highest BCUT2D eigenvalue weighted by Crippen LogP contribution is 2.34. The van der Waals surface area contributed by atoms with E-state index in [-0.39, 0.29) is 5.92 Å². The molecule has 0 heterocycles. The van der Waals surface area contributed by atoms with Gasteiger partial charge in [0.05, 0.1) is 0 Å². The third-order valence-corrected chi connectivity index (χ3v) is 3.76. The maximum absolute atomic E-state index is 12.5. The summed E-state index contributed by atoms with van der Waals surface area (Å²) in [6, 6.07) is 0. The quantitative estimate of drug-likeness (QED) is 0.582. The Morgan fingerprint density at radius 1 is 0.778 bits per heavy atom. The number of ketones is 1. The highest BCUT2D eigenvalue weighted by molar-refractivity contribution is 5.81. The lowest BCUT2D eigenvalue weighted by Crippen LogP contribution is -2.33. The molecule has 108 valence electrons. The van der Waals surface area contributed by atoms with Crippen LogP contribution in [0.3, 0.4) is 0 Å². The largest absolute Gasteiger partial charge is 0.299 e. The Bertz CT molecular complexity index is 238. The number of carbonyl (C=O) groups is 1. The first-order chi connectivity index (χ1) is 8.16. The lowest BCUT2D eigenvalue weighted by Gasteiger charge is -2.33. The molecule has 0 aliphatic heterocycles. The first-order valence-corrected chi connectivity index (χ1v) is 7.69. The van der Waals surface area contributed by atoms with Crippen molar-refractivity contribution >= 4 is 5.78 Å². The maximum Gasteiger partial charge on any atom is 0.136 e. The Kier molecular flexibility index (Phi) is 7.82. The SMILES string of the molecule is CC(C)CC(=O)C(C(C)C)C(CC(C)C)C(C)C. The van der Waals surface area contributed by atoms with E-state index < -0.39 is 0 Å². The summed E-state index contributed by atoms with van der Waals surface area (Å²) < 4.78 is 0. The van der Waals surface area contributed by atoms with Crippen LogP contribution in [0.1, 0.15) is 68.2 Å². The van der Waals surface area contributed by atoms with Crippen molar-refractivity contribution < 1.29 is 4.79 Å². The molecule has 1 nitrogen and oxygen atoms in total. The molecule has 0 aliphatic rings.